The molecule has 1 atom stereocenters. The lowest BCUT2D eigenvalue weighted by Gasteiger charge is -2.02. The van der Waals surface area contributed by atoms with Gasteiger partial charge >= 0.3 is 0 Å². The van der Waals surface area contributed by atoms with Gasteiger partial charge < -0.3 is 0 Å². The Morgan fingerprint density at radius 3 is 2.33 bits per heavy atom. The van der Waals surface area contributed by atoms with Crippen LogP contribution in [-0.4, -0.2) is 6.10 Å². The SMILES string of the molecule is C#CC(ON)C1CC1.Cl. The Balaban J connectivity index is 0.000000640. The fraction of sp³-hybridized carbons (Fsp3) is 0.667. The Hall–Kier alpha value is -0.230. The van der Waals surface area contributed by atoms with Crippen LogP contribution in [-0.2, 0) is 4.84 Å². The molecule has 1 aliphatic rings. The molecule has 0 aromatic rings. The average molecular weight is 148 g/mol. The van der Waals surface area contributed by atoms with E-state index in [9.17, 15) is 0 Å². The summed E-state index contributed by atoms with van der Waals surface area (Å²) in [5.41, 5.74) is 0. The fourth-order valence-electron chi connectivity index (χ4n) is 0.685. The summed E-state index contributed by atoms with van der Waals surface area (Å²) in [5, 5.41) is 0. The van der Waals surface area contributed by atoms with Gasteiger partial charge in [0.25, 0.3) is 0 Å². The molecule has 1 rings (SSSR count). The molecule has 0 radical (unpaired) electrons. The van der Waals surface area contributed by atoms with Gasteiger partial charge in [0, 0.05) is 0 Å². The lowest BCUT2D eigenvalue weighted by molar-refractivity contribution is 0.0784. The second-order valence-corrected chi connectivity index (χ2v) is 2.06. The molecule has 0 amide bonds. The highest BCUT2D eigenvalue weighted by Gasteiger charge is 2.30. The van der Waals surface area contributed by atoms with Crippen molar-refractivity contribution >= 4 is 12.4 Å². The lowest BCUT2D eigenvalue weighted by atomic mass is 10.2. The number of nitrogens with two attached hydrogens (primary N) is 1. The van der Waals surface area contributed by atoms with Crippen LogP contribution in [0.15, 0.2) is 0 Å². The van der Waals surface area contributed by atoms with Crippen LogP contribution in [0, 0.1) is 18.3 Å². The van der Waals surface area contributed by atoms with Crippen LogP contribution in [0.1, 0.15) is 12.8 Å². The van der Waals surface area contributed by atoms with Crippen LogP contribution in [0.25, 0.3) is 0 Å². The Morgan fingerprint density at radius 2 is 2.22 bits per heavy atom. The van der Waals surface area contributed by atoms with E-state index < -0.39 is 0 Å². The van der Waals surface area contributed by atoms with Crippen molar-refractivity contribution < 1.29 is 4.84 Å². The summed E-state index contributed by atoms with van der Waals surface area (Å²) in [7, 11) is 0. The zero-order chi connectivity index (χ0) is 5.98. The van der Waals surface area contributed by atoms with Gasteiger partial charge in [0.15, 0.2) is 0 Å². The maximum absolute atomic E-state index is 5.07. The monoisotopic (exact) mass is 147 g/mol. The second-order valence-electron chi connectivity index (χ2n) is 2.06. The zero-order valence-electron chi connectivity index (χ0n) is 5.04. The molecule has 1 aliphatic carbocycles. The van der Waals surface area contributed by atoms with Gasteiger partial charge in [-0.25, -0.2) is 5.90 Å². The number of hydrogen-bond acceptors (Lipinski definition) is 2. The van der Waals surface area contributed by atoms with Crippen molar-refractivity contribution in [1.82, 2.24) is 0 Å². The van der Waals surface area contributed by atoms with Gasteiger partial charge in [0.2, 0.25) is 0 Å². The summed E-state index contributed by atoms with van der Waals surface area (Å²) in [5.74, 6) is 7.89. The molecular weight excluding hydrogens is 138 g/mol. The van der Waals surface area contributed by atoms with Crippen molar-refractivity contribution in [3.8, 4) is 12.3 Å². The molecule has 0 aromatic carbocycles. The summed E-state index contributed by atoms with van der Waals surface area (Å²) in [6.07, 6.45) is 7.28. The van der Waals surface area contributed by atoms with Gasteiger partial charge in [0.1, 0.15) is 6.10 Å². The molecule has 1 unspecified atom stereocenters. The first-order valence-corrected chi connectivity index (χ1v) is 2.70. The molecule has 0 spiro atoms. The first-order chi connectivity index (χ1) is 3.88. The Labute approximate surface area is 61.1 Å². The second kappa shape index (κ2) is 3.73. The van der Waals surface area contributed by atoms with E-state index in [-0.39, 0.29) is 18.5 Å². The van der Waals surface area contributed by atoms with Crippen LogP contribution in [0.2, 0.25) is 0 Å². The summed E-state index contributed by atoms with van der Waals surface area (Å²) in [6, 6.07) is 0. The third-order valence-electron chi connectivity index (χ3n) is 1.36. The molecule has 9 heavy (non-hydrogen) atoms. The van der Waals surface area contributed by atoms with Crippen LogP contribution >= 0.6 is 12.4 Å². The quantitative estimate of drug-likeness (QED) is 0.461. The van der Waals surface area contributed by atoms with Crippen molar-refractivity contribution in [3.63, 3.8) is 0 Å². The molecule has 1 fully saturated rings. The highest BCUT2D eigenvalue weighted by Crippen LogP contribution is 2.33. The van der Waals surface area contributed by atoms with Crippen molar-refractivity contribution in [2.45, 2.75) is 18.9 Å². The topological polar surface area (TPSA) is 35.2 Å². The summed E-state index contributed by atoms with van der Waals surface area (Å²) >= 11 is 0. The van der Waals surface area contributed by atoms with Crippen molar-refractivity contribution in [2.24, 2.45) is 11.8 Å². The van der Waals surface area contributed by atoms with Crippen molar-refractivity contribution in [3.05, 3.63) is 0 Å². The van der Waals surface area contributed by atoms with Crippen LogP contribution in [0.3, 0.4) is 0 Å². The van der Waals surface area contributed by atoms with Crippen LogP contribution < -0.4 is 5.90 Å². The number of rotatable bonds is 2. The molecule has 0 aliphatic heterocycles. The highest BCUT2D eigenvalue weighted by molar-refractivity contribution is 5.85. The minimum Gasteiger partial charge on any atom is -0.288 e. The maximum Gasteiger partial charge on any atom is 0.141 e. The van der Waals surface area contributed by atoms with E-state index in [4.69, 9.17) is 12.3 Å². The first kappa shape index (κ1) is 8.77. The number of halogens is 1. The number of hydrogen-bond donors (Lipinski definition) is 1. The minimum absolute atomic E-state index is 0. The third kappa shape index (κ3) is 2.23. The van der Waals surface area contributed by atoms with Crippen LogP contribution in [0.5, 0.6) is 0 Å². The Bertz CT molecular complexity index is 117. The molecule has 1 saturated carbocycles. The predicted octanol–water partition coefficient (Wildman–Crippen LogP) is 0.710. The lowest BCUT2D eigenvalue weighted by Crippen LogP contribution is -2.16. The Kier molecular flexibility index (Phi) is 3.64. The fourth-order valence-corrected chi connectivity index (χ4v) is 0.685. The van der Waals surface area contributed by atoms with Gasteiger partial charge in [0.05, 0.1) is 0 Å². The summed E-state index contributed by atoms with van der Waals surface area (Å²) in [6.45, 7) is 0. The Morgan fingerprint density at radius 1 is 1.67 bits per heavy atom. The van der Waals surface area contributed by atoms with Gasteiger partial charge in [-0.05, 0) is 18.8 Å². The average Bonchev–Trinajstić information content (AvgIpc) is 2.53. The van der Waals surface area contributed by atoms with E-state index in [2.05, 4.69) is 10.8 Å². The molecule has 0 bridgehead atoms. The minimum atomic E-state index is -0.130. The van der Waals surface area contributed by atoms with Gasteiger partial charge in [-0.1, -0.05) is 5.92 Å². The third-order valence-corrected chi connectivity index (χ3v) is 1.36. The molecule has 2 nitrogen and oxygen atoms in total. The maximum atomic E-state index is 5.07. The van der Waals surface area contributed by atoms with E-state index in [1.807, 2.05) is 0 Å². The van der Waals surface area contributed by atoms with Gasteiger partial charge in [-0.3, -0.25) is 4.84 Å². The number of terminal acetylenes is 1. The summed E-state index contributed by atoms with van der Waals surface area (Å²) < 4.78 is 0. The molecule has 0 aromatic heterocycles. The van der Waals surface area contributed by atoms with Gasteiger partial charge in [-0.15, -0.1) is 18.8 Å². The smallest absolute Gasteiger partial charge is 0.141 e. The normalized spacial score (nSPS) is 19.6. The molecule has 0 saturated heterocycles. The molecule has 3 heteroatoms. The molecule has 52 valence electrons. The molecule has 2 N–H and O–H groups in total. The van der Waals surface area contributed by atoms with E-state index in [1.54, 1.807) is 0 Å². The van der Waals surface area contributed by atoms with Crippen molar-refractivity contribution in [2.75, 3.05) is 0 Å². The van der Waals surface area contributed by atoms with E-state index in [1.165, 1.54) is 12.8 Å². The molecular formula is C6H10ClNO. The summed E-state index contributed by atoms with van der Waals surface area (Å²) in [4.78, 5) is 4.49. The van der Waals surface area contributed by atoms with E-state index in [0.717, 1.165) is 0 Å². The van der Waals surface area contributed by atoms with E-state index >= 15 is 0 Å². The largest absolute Gasteiger partial charge is 0.288 e. The highest BCUT2D eigenvalue weighted by atomic mass is 35.5. The zero-order valence-corrected chi connectivity index (χ0v) is 5.86. The first-order valence-electron chi connectivity index (χ1n) is 2.70. The molecule has 0 heterocycles. The van der Waals surface area contributed by atoms with Crippen LogP contribution in [0.4, 0.5) is 0 Å². The predicted molar refractivity (Wildman–Crippen MR) is 37.9 cm³/mol. The standard InChI is InChI=1S/C6H9NO.ClH/c1-2-6(8-7)5-3-4-5;/h1,5-6H,3-4,7H2;1H. The van der Waals surface area contributed by atoms with E-state index in [0.29, 0.717) is 5.92 Å². The van der Waals surface area contributed by atoms with Crippen molar-refractivity contribution in [1.29, 1.82) is 0 Å². The van der Waals surface area contributed by atoms with Gasteiger partial charge in [-0.2, -0.15) is 0 Å².